The zero-order chi connectivity index (χ0) is 22.5. The lowest BCUT2D eigenvalue weighted by Gasteiger charge is -2.23. The topological polar surface area (TPSA) is 88.9 Å². The van der Waals surface area contributed by atoms with Crippen LogP contribution < -0.4 is 10.6 Å². The molecule has 0 bridgehead atoms. The lowest BCUT2D eigenvalue weighted by Crippen LogP contribution is -2.50. The molecule has 3 heterocycles. The number of nitrogens with one attached hydrogen (secondary N) is 2. The highest BCUT2D eigenvalue weighted by molar-refractivity contribution is 7.20. The van der Waals surface area contributed by atoms with Crippen LogP contribution in [0, 0.1) is 5.92 Å². The number of hydrogen-bond donors (Lipinski definition) is 2. The van der Waals surface area contributed by atoms with Crippen molar-refractivity contribution in [1.29, 1.82) is 0 Å². The zero-order valence-electron chi connectivity index (χ0n) is 18.0. The fourth-order valence-electron chi connectivity index (χ4n) is 3.35. The van der Waals surface area contributed by atoms with Crippen LogP contribution in [-0.4, -0.2) is 32.4 Å². The molecule has 0 unspecified atom stereocenters. The van der Waals surface area contributed by atoms with E-state index < -0.39 is 6.04 Å². The van der Waals surface area contributed by atoms with E-state index >= 15 is 0 Å². The van der Waals surface area contributed by atoms with Gasteiger partial charge in [0.15, 0.2) is 5.13 Å². The Morgan fingerprint density at radius 2 is 1.97 bits per heavy atom. The highest BCUT2D eigenvalue weighted by Gasteiger charge is 2.26. The Balaban J connectivity index is 1.48. The molecule has 164 valence electrons. The van der Waals surface area contributed by atoms with Crippen LogP contribution in [0.5, 0.6) is 0 Å². The number of rotatable bonds is 8. The van der Waals surface area contributed by atoms with Gasteiger partial charge in [-0.05, 0) is 47.9 Å². The molecule has 7 nitrogen and oxygen atoms in total. The van der Waals surface area contributed by atoms with E-state index in [9.17, 15) is 9.59 Å². The number of aromatic nitrogens is 3. The minimum Gasteiger partial charge on any atom is -0.350 e. The summed E-state index contributed by atoms with van der Waals surface area (Å²) in [6.07, 6.45) is 8.04. The first-order chi connectivity index (χ1) is 15.5. The van der Waals surface area contributed by atoms with Gasteiger partial charge in [-0.2, -0.15) is 0 Å². The number of carbonyl (C=O) groups is 2. The van der Waals surface area contributed by atoms with Crippen LogP contribution in [0.1, 0.15) is 36.2 Å². The largest absolute Gasteiger partial charge is 0.350 e. The van der Waals surface area contributed by atoms with Gasteiger partial charge in [0.2, 0.25) is 5.91 Å². The molecule has 0 saturated heterocycles. The number of thiazole rings is 1. The molecule has 3 aromatic heterocycles. The van der Waals surface area contributed by atoms with Gasteiger partial charge in [0, 0.05) is 36.9 Å². The first kappa shape index (κ1) is 21.7. The molecule has 0 aliphatic heterocycles. The second kappa shape index (κ2) is 9.74. The molecule has 2 atom stereocenters. The van der Waals surface area contributed by atoms with Crippen molar-refractivity contribution in [3.05, 3.63) is 78.4 Å². The van der Waals surface area contributed by atoms with Crippen molar-refractivity contribution in [1.82, 2.24) is 25.2 Å². The van der Waals surface area contributed by atoms with Crippen molar-refractivity contribution < 1.29 is 9.59 Å². The number of fused-ring (bicyclic) bond motifs is 1. The summed E-state index contributed by atoms with van der Waals surface area (Å²) in [5.74, 6) is -0.490. The first-order valence-electron chi connectivity index (χ1n) is 10.6. The molecule has 0 fully saturated rings. The number of carbonyl (C=O) groups excluding carboxylic acids is 2. The molecule has 4 rings (SSSR count). The Kier molecular flexibility index (Phi) is 6.61. The number of amides is 2. The Hall–Kier alpha value is -3.52. The molecule has 4 aromatic rings. The van der Waals surface area contributed by atoms with Gasteiger partial charge in [-0.15, -0.1) is 0 Å². The van der Waals surface area contributed by atoms with E-state index in [1.165, 1.54) is 11.3 Å². The molecule has 8 heteroatoms. The van der Waals surface area contributed by atoms with Crippen LogP contribution in [0.4, 0.5) is 0 Å². The number of benzene rings is 1. The minimum absolute atomic E-state index is 0.0136. The Morgan fingerprint density at radius 3 is 2.69 bits per heavy atom. The highest BCUT2D eigenvalue weighted by atomic mass is 32.1. The van der Waals surface area contributed by atoms with Crippen LogP contribution in [0.25, 0.3) is 15.3 Å². The van der Waals surface area contributed by atoms with Crippen LogP contribution in [0.3, 0.4) is 0 Å². The van der Waals surface area contributed by atoms with Crippen molar-refractivity contribution in [2.45, 2.75) is 32.9 Å². The van der Waals surface area contributed by atoms with Gasteiger partial charge in [0.1, 0.15) is 6.04 Å². The molecular formula is C24H25N5O2S. The molecule has 0 spiro atoms. The highest BCUT2D eigenvalue weighted by Crippen LogP contribution is 2.26. The van der Waals surface area contributed by atoms with Crippen molar-refractivity contribution in [3.63, 3.8) is 0 Å². The second-order valence-corrected chi connectivity index (χ2v) is 8.69. The Morgan fingerprint density at radius 1 is 1.16 bits per heavy atom. The minimum atomic E-state index is -0.628. The predicted octanol–water partition coefficient (Wildman–Crippen LogP) is 3.94. The fourth-order valence-corrected chi connectivity index (χ4v) is 4.33. The molecule has 2 N–H and O–H groups in total. The van der Waals surface area contributed by atoms with Gasteiger partial charge in [-0.3, -0.25) is 14.6 Å². The predicted molar refractivity (Wildman–Crippen MR) is 126 cm³/mol. The maximum atomic E-state index is 13.0. The van der Waals surface area contributed by atoms with E-state index in [0.717, 1.165) is 27.3 Å². The molecule has 0 radical (unpaired) electrons. The van der Waals surface area contributed by atoms with Crippen LogP contribution in [-0.2, 0) is 11.3 Å². The zero-order valence-corrected chi connectivity index (χ0v) is 18.8. The first-order valence-corrected chi connectivity index (χ1v) is 11.4. The Labute approximate surface area is 190 Å². The van der Waals surface area contributed by atoms with Crippen molar-refractivity contribution in [2.75, 3.05) is 0 Å². The second-order valence-electron chi connectivity index (χ2n) is 7.68. The average Bonchev–Trinajstić information content (AvgIpc) is 3.50. The summed E-state index contributed by atoms with van der Waals surface area (Å²) in [5, 5.41) is 6.69. The van der Waals surface area contributed by atoms with Crippen molar-refractivity contribution >= 4 is 33.4 Å². The maximum absolute atomic E-state index is 13.0. The number of pyridine rings is 1. The summed E-state index contributed by atoms with van der Waals surface area (Å²) >= 11 is 1.51. The third-order valence-electron chi connectivity index (χ3n) is 5.44. The molecule has 0 saturated carbocycles. The van der Waals surface area contributed by atoms with E-state index in [1.54, 1.807) is 18.5 Å². The van der Waals surface area contributed by atoms with E-state index in [1.807, 2.05) is 67.2 Å². The maximum Gasteiger partial charge on any atom is 0.251 e. The van der Waals surface area contributed by atoms with Gasteiger partial charge < -0.3 is 15.2 Å². The summed E-state index contributed by atoms with van der Waals surface area (Å²) in [6, 6.07) is 12.4. The Bertz CT molecular complexity index is 1200. The van der Waals surface area contributed by atoms with Crippen molar-refractivity contribution in [2.24, 2.45) is 5.92 Å². The van der Waals surface area contributed by atoms with Gasteiger partial charge in [0.25, 0.3) is 5.91 Å². The van der Waals surface area contributed by atoms with Gasteiger partial charge in [-0.1, -0.05) is 37.7 Å². The van der Waals surface area contributed by atoms with E-state index in [4.69, 9.17) is 0 Å². The third kappa shape index (κ3) is 4.86. The number of nitrogens with zero attached hydrogens (tertiary/aromatic N) is 3. The summed E-state index contributed by atoms with van der Waals surface area (Å²) in [7, 11) is 0. The monoisotopic (exact) mass is 447 g/mol. The van der Waals surface area contributed by atoms with E-state index in [-0.39, 0.29) is 17.7 Å². The van der Waals surface area contributed by atoms with Crippen LogP contribution >= 0.6 is 11.3 Å². The molecule has 2 amide bonds. The molecular weight excluding hydrogens is 422 g/mol. The smallest absolute Gasteiger partial charge is 0.251 e. The van der Waals surface area contributed by atoms with Crippen LogP contribution in [0.15, 0.2) is 67.3 Å². The molecule has 0 aliphatic rings. The van der Waals surface area contributed by atoms with Gasteiger partial charge >= 0.3 is 0 Å². The third-order valence-corrected chi connectivity index (χ3v) is 6.47. The molecule has 32 heavy (non-hydrogen) atoms. The number of hydrogen-bond acceptors (Lipinski definition) is 5. The summed E-state index contributed by atoms with van der Waals surface area (Å²) in [4.78, 5) is 34.6. The van der Waals surface area contributed by atoms with Gasteiger partial charge in [-0.25, -0.2) is 4.98 Å². The van der Waals surface area contributed by atoms with Crippen LogP contribution in [0.2, 0.25) is 0 Å². The van der Waals surface area contributed by atoms with Gasteiger partial charge in [0.05, 0.1) is 10.2 Å². The quantitative estimate of drug-likeness (QED) is 0.428. The fraction of sp³-hybridized carbons (Fsp3) is 0.250. The van der Waals surface area contributed by atoms with E-state index in [2.05, 4.69) is 20.6 Å². The molecule has 1 aromatic carbocycles. The lowest BCUT2D eigenvalue weighted by molar-refractivity contribution is -0.124. The standard InChI is InChI=1S/C24H25N5O2S/c1-3-16(2)21(23(31)26-15-17-7-6-10-25-14-17)28-22(30)18-8-9-19-20(13-18)32-24(27-19)29-11-4-5-12-29/h4-14,16,21H,3,15H2,1-2H3,(H,26,31)(H,28,30)/t16-,21-/m1/s1. The molecule has 0 aliphatic carbocycles. The summed E-state index contributed by atoms with van der Waals surface area (Å²) < 4.78 is 2.86. The average molecular weight is 448 g/mol. The van der Waals surface area contributed by atoms with E-state index in [0.29, 0.717) is 12.1 Å². The van der Waals surface area contributed by atoms with Crippen molar-refractivity contribution in [3.8, 4) is 5.13 Å². The SMILES string of the molecule is CC[C@@H](C)[C@@H](NC(=O)c1ccc2nc(-n3cccc3)sc2c1)C(=O)NCc1cccnc1. The lowest BCUT2D eigenvalue weighted by atomic mass is 9.97. The summed E-state index contributed by atoms with van der Waals surface area (Å²) in [5.41, 5.74) is 2.25. The summed E-state index contributed by atoms with van der Waals surface area (Å²) in [6.45, 7) is 4.33. The normalized spacial score (nSPS) is 12.9.